The number of ether oxygens (including phenoxy) is 1. The minimum atomic E-state index is -0.626. The van der Waals surface area contributed by atoms with Crippen LogP contribution in [0.15, 0.2) is 65.8 Å². The number of likely N-dealkylation sites (N-methyl/N-ethyl adjacent to an activating group) is 1. The van der Waals surface area contributed by atoms with Crippen molar-refractivity contribution < 1.29 is 14.3 Å². The number of nitrogens with zero attached hydrogens (tertiary/aromatic N) is 6. The van der Waals surface area contributed by atoms with E-state index < -0.39 is 12.2 Å². The van der Waals surface area contributed by atoms with Gasteiger partial charge in [0.25, 0.3) is 5.91 Å². The van der Waals surface area contributed by atoms with E-state index in [9.17, 15) is 9.59 Å². The van der Waals surface area contributed by atoms with Gasteiger partial charge in [-0.3, -0.25) is 19.5 Å². The number of benzene rings is 2. The monoisotopic (exact) mass is 460 g/mol. The first-order chi connectivity index (χ1) is 16.4. The summed E-state index contributed by atoms with van der Waals surface area (Å²) in [6, 6.07) is 17.2. The smallest absolute Gasteiger partial charge is 0.328 e. The van der Waals surface area contributed by atoms with Gasteiger partial charge in [0.2, 0.25) is 5.96 Å². The van der Waals surface area contributed by atoms with Gasteiger partial charge in [-0.15, -0.1) is 0 Å². The number of anilines is 2. The van der Waals surface area contributed by atoms with Gasteiger partial charge in [0.1, 0.15) is 0 Å². The highest BCUT2D eigenvalue weighted by Crippen LogP contribution is 2.40. The Hall–Kier alpha value is -3.85. The van der Waals surface area contributed by atoms with Crippen LogP contribution in [0, 0.1) is 0 Å². The van der Waals surface area contributed by atoms with Crippen LogP contribution in [-0.2, 0) is 9.53 Å². The van der Waals surface area contributed by atoms with Gasteiger partial charge in [0, 0.05) is 51.4 Å². The maximum atomic E-state index is 13.5. The van der Waals surface area contributed by atoms with E-state index in [2.05, 4.69) is 17.0 Å². The van der Waals surface area contributed by atoms with Gasteiger partial charge in [0.05, 0.1) is 18.8 Å². The van der Waals surface area contributed by atoms with E-state index in [0.717, 1.165) is 22.6 Å². The van der Waals surface area contributed by atoms with Crippen molar-refractivity contribution in [3.63, 3.8) is 0 Å². The predicted molar refractivity (Wildman–Crippen MR) is 131 cm³/mol. The van der Waals surface area contributed by atoms with Crippen LogP contribution < -0.4 is 9.80 Å². The zero-order valence-electron chi connectivity index (χ0n) is 19.8. The lowest BCUT2D eigenvalue weighted by atomic mass is 10.1. The molecule has 0 saturated carbocycles. The van der Waals surface area contributed by atoms with Crippen molar-refractivity contribution in [1.29, 1.82) is 0 Å². The van der Waals surface area contributed by atoms with Crippen LogP contribution in [0.1, 0.15) is 5.56 Å². The molecule has 2 atom stereocenters. The predicted octanol–water partition coefficient (Wildman–Crippen LogP) is 2.48. The Balaban J connectivity index is 1.57. The maximum Gasteiger partial charge on any atom is 0.328 e. The fraction of sp³-hybridized carbons (Fsp3) is 0.320. The Morgan fingerprint density at radius 3 is 2.38 bits per heavy atom. The molecular weight excluding hydrogens is 432 g/mol. The Morgan fingerprint density at radius 2 is 1.74 bits per heavy atom. The third-order valence-electron chi connectivity index (χ3n) is 6.42. The van der Waals surface area contributed by atoms with Crippen LogP contribution in [-0.4, -0.2) is 86.2 Å². The fourth-order valence-corrected chi connectivity index (χ4v) is 4.59. The van der Waals surface area contributed by atoms with Crippen LogP contribution in [0.4, 0.5) is 16.2 Å². The highest BCUT2D eigenvalue weighted by molar-refractivity contribution is 6.16. The molecular formula is C25H28N6O3. The molecule has 5 rings (SSSR count). The zero-order valence-corrected chi connectivity index (χ0v) is 19.8. The third kappa shape index (κ3) is 3.40. The Morgan fingerprint density at radius 1 is 1.03 bits per heavy atom. The average molecular weight is 461 g/mol. The third-order valence-corrected chi connectivity index (χ3v) is 6.42. The number of carbonyl (C=O) groups excluding carboxylic acids is 2. The Labute approximate surface area is 199 Å². The average Bonchev–Trinajstić information content (AvgIpc) is 3.40. The van der Waals surface area contributed by atoms with Crippen molar-refractivity contribution in [2.75, 3.05) is 51.2 Å². The number of guanidine groups is 1. The second kappa shape index (κ2) is 8.49. The molecule has 2 aromatic carbocycles. The molecule has 0 aromatic heterocycles. The van der Waals surface area contributed by atoms with E-state index in [0.29, 0.717) is 5.96 Å². The summed E-state index contributed by atoms with van der Waals surface area (Å²) in [5, 5.41) is 0. The van der Waals surface area contributed by atoms with E-state index in [1.807, 2.05) is 72.6 Å². The SMILES string of the molecule is COCCN1C(=O)C2C(N=C3N(c4ccc(N(C)C)cc4)C(c4ccccc4)=CN32)N(C)C1=O. The van der Waals surface area contributed by atoms with Crippen molar-refractivity contribution in [1.82, 2.24) is 14.7 Å². The second-order valence-electron chi connectivity index (χ2n) is 8.70. The van der Waals surface area contributed by atoms with Gasteiger partial charge in [-0.2, -0.15) is 0 Å². The molecule has 1 saturated heterocycles. The number of hydrogen-bond acceptors (Lipinski definition) is 7. The van der Waals surface area contributed by atoms with Crippen molar-refractivity contribution >= 4 is 35.0 Å². The molecule has 3 aliphatic heterocycles. The molecule has 0 bridgehead atoms. The minimum Gasteiger partial charge on any atom is -0.383 e. The quantitative estimate of drug-likeness (QED) is 0.660. The molecule has 34 heavy (non-hydrogen) atoms. The molecule has 1 fully saturated rings. The summed E-state index contributed by atoms with van der Waals surface area (Å²) < 4.78 is 5.12. The van der Waals surface area contributed by atoms with Gasteiger partial charge >= 0.3 is 6.03 Å². The van der Waals surface area contributed by atoms with E-state index in [4.69, 9.17) is 9.73 Å². The summed E-state index contributed by atoms with van der Waals surface area (Å²) in [7, 11) is 7.25. The lowest BCUT2D eigenvalue weighted by Gasteiger charge is -2.40. The largest absolute Gasteiger partial charge is 0.383 e. The van der Waals surface area contributed by atoms with Crippen molar-refractivity contribution in [2.45, 2.75) is 12.2 Å². The first-order valence-corrected chi connectivity index (χ1v) is 11.2. The van der Waals surface area contributed by atoms with Gasteiger partial charge in [0.15, 0.2) is 12.2 Å². The molecule has 9 nitrogen and oxygen atoms in total. The number of fused-ring (bicyclic) bond motifs is 3. The lowest BCUT2D eigenvalue weighted by molar-refractivity contribution is -0.137. The number of methoxy groups -OCH3 is 1. The van der Waals surface area contributed by atoms with Gasteiger partial charge in [-0.25, -0.2) is 9.79 Å². The number of rotatable bonds is 6. The fourth-order valence-electron chi connectivity index (χ4n) is 4.59. The van der Waals surface area contributed by atoms with Crippen LogP contribution in [0.25, 0.3) is 5.70 Å². The van der Waals surface area contributed by atoms with Crippen LogP contribution in [0.5, 0.6) is 0 Å². The summed E-state index contributed by atoms with van der Waals surface area (Å²) >= 11 is 0. The van der Waals surface area contributed by atoms with E-state index in [-0.39, 0.29) is 25.1 Å². The minimum absolute atomic E-state index is 0.204. The maximum absolute atomic E-state index is 13.5. The molecule has 0 radical (unpaired) electrons. The van der Waals surface area contributed by atoms with E-state index in [1.165, 1.54) is 9.80 Å². The molecule has 3 amide bonds. The second-order valence-corrected chi connectivity index (χ2v) is 8.70. The molecule has 3 aliphatic rings. The topological polar surface area (TPSA) is 71.9 Å². The van der Waals surface area contributed by atoms with Crippen molar-refractivity contribution in [2.24, 2.45) is 4.99 Å². The number of hydrogen-bond donors (Lipinski definition) is 0. The first kappa shape index (κ1) is 22.0. The summed E-state index contributed by atoms with van der Waals surface area (Å²) in [6.45, 7) is 0.488. The normalized spacial score (nSPS) is 21.5. The summed E-state index contributed by atoms with van der Waals surface area (Å²) in [4.78, 5) is 40.1. The molecule has 176 valence electrons. The highest BCUT2D eigenvalue weighted by Gasteiger charge is 2.54. The molecule has 3 heterocycles. The zero-order chi connectivity index (χ0) is 24.0. The number of carbonyl (C=O) groups is 2. The Kier molecular flexibility index (Phi) is 5.49. The van der Waals surface area contributed by atoms with Crippen molar-refractivity contribution in [3.8, 4) is 0 Å². The van der Waals surface area contributed by atoms with Crippen LogP contribution in [0.3, 0.4) is 0 Å². The van der Waals surface area contributed by atoms with Crippen molar-refractivity contribution in [3.05, 3.63) is 66.4 Å². The van der Waals surface area contributed by atoms with Gasteiger partial charge in [-0.05, 0) is 24.3 Å². The highest BCUT2D eigenvalue weighted by atomic mass is 16.5. The van der Waals surface area contributed by atoms with E-state index in [1.54, 1.807) is 14.2 Å². The molecule has 2 aromatic rings. The molecule has 2 unspecified atom stereocenters. The first-order valence-electron chi connectivity index (χ1n) is 11.2. The molecule has 9 heteroatoms. The van der Waals surface area contributed by atoms with Gasteiger partial charge in [-0.1, -0.05) is 30.3 Å². The summed E-state index contributed by atoms with van der Waals surface area (Å²) in [5.74, 6) is 0.366. The van der Waals surface area contributed by atoms with Crippen LogP contribution in [0.2, 0.25) is 0 Å². The molecule has 0 aliphatic carbocycles. The van der Waals surface area contributed by atoms with E-state index >= 15 is 0 Å². The number of imide groups is 1. The standard InChI is InChI=1S/C25H28N6O3/c1-27(2)18-10-12-19(13-11-18)31-20(17-8-6-5-7-9-17)16-30-21-22(26-24(30)31)28(3)25(33)29(23(21)32)14-15-34-4/h5-13,16,21-22H,14-15H2,1-4H3. The van der Waals surface area contributed by atoms with Gasteiger partial charge < -0.3 is 14.5 Å². The molecule has 0 spiro atoms. The number of urea groups is 1. The lowest BCUT2D eigenvalue weighted by Crippen LogP contribution is -2.64. The summed E-state index contributed by atoms with van der Waals surface area (Å²) in [5.41, 5.74) is 3.95. The van der Waals surface area contributed by atoms with Crippen LogP contribution >= 0.6 is 0 Å². The summed E-state index contributed by atoms with van der Waals surface area (Å²) in [6.07, 6.45) is 1.38. The number of amides is 3. The molecule has 0 N–H and O–H groups in total. The number of aliphatic imine (C=N–C) groups is 1. The Bertz CT molecular complexity index is 1160.